The number of anilines is 2. The molecule has 2 aliphatic rings. The molecule has 1 fully saturated rings. The molecule has 0 aliphatic carbocycles. The first-order valence-corrected chi connectivity index (χ1v) is 9.45. The Balaban J connectivity index is 1.55. The van der Waals surface area contributed by atoms with Crippen molar-refractivity contribution in [1.29, 1.82) is 0 Å². The SMILES string of the molecule is CN1CCN(CCN2c3ccccc3Pc3ccccc32)CC1. The highest BCUT2D eigenvalue weighted by molar-refractivity contribution is 7.56. The molecular formula is C19H24N3P. The van der Waals surface area contributed by atoms with E-state index in [0.717, 1.165) is 21.7 Å². The van der Waals surface area contributed by atoms with Crippen molar-refractivity contribution in [3.8, 4) is 0 Å². The Morgan fingerprint density at radius 2 is 1.35 bits per heavy atom. The van der Waals surface area contributed by atoms with Crippen molar-refractivity contribution in [2.75, 3.05) is 51.2 Å². The number of hydrogen-bond acceptors (Lipinski definition) is 3. The minimum Gasteiger partial charge on any atom is -0.339 e. The van der Waals surface area contributed by atoms with Gasteiger partial charge in [-0.2, -0.15) is 0 Å². The van der Waals surface area contributed by atoms with Crippen LogP contribution < -0.4 is 15.5 Å². The highest BCUT2D eigenvalue weighted by Crippen LogP contribution is 2.34. The van der Waals surface area contributed by atoms with E-state index in [4.69, 9.17) is 0 Å². The molecule has 2 aromatic rings. The van der Waals surface area contributed by atoms with E-state index >= 15 is 0 Å². The van der Waals surface area contributed by atoms with E-state index in [-0.39, 0.29) is 0 Å². The summed E-state index contributed by atoms with van der Waals surface area (Å²) >= 11 is 0. The summed E-state index contributed by atoms with van der Waals surface area (Å²) < 4.78 is 0. The predicted octanol–water partition coefficient (Wildman–Crippen LogP) is 2.01. The average Bonchev–Trinajstić information content (AvgIpc) is 2.60. The summed E-state index contributed by atoms with van der Waals surface area (Å²) in [5.74, 6) is 0. The van der Waals surface area contributed by atoms with Gasteiger partial charge in [0.1, 0.15) is 0 Å². The van der Waals surface area contributed by atoms with Crippen LogP contribution in [-0.4, -0.2) is 56.1 Å². The number of para-hydroxylation sites is 2. The summed E-state index contributed by atoms with van der Waals surface area (Å²) in [6.45, 7) is 6.97. The highest BCUT2D eigenvalue weighted by atomic mass is 31.1. The number of rotatable bonds is 3. The molecule has 4 rings (SSSR count). The van der Waals surface area contributed by atoms with Crippen LogP contribution >= 0.6 is 8.58 Å². The van der Waals surface area contributed by atoms with Crippen LogP contribution in [0.15, 0.2) is 48.5 Å². The van der Waals surface area contributed by atoms with Crippen molar-refractivity contribution in [3.05, 3.63) is 48.5 Å². The number of hydrogen-bond donors (Lipinski definition) is 0. The van der Waals surface area contributed by atoms with E-state index in [9.17, 15) is 0 Å². The Morgan fingerprint density at radius 3 is 1.96 bits per heavy atom. The van der Waals surface area contributed by atoms with Gasteiger partial charge in [0.25, 0.3) is 0 Å². The normalized spacial score (nSPS) is 18.6. The molecule has 2 aliphatic heterocycles. The van der Waals surface area contributed by atoms with Crippen molar-refractivity contribution in [2.45, 2.75) is 0 Å². The lowest BCUT2D eigenvalue weighted by molar-refractivity contribution is 0.157. The van der Waals surface area contributed by atoms with Crippen molar-refractivity contribution < 1.29 is 0 Å². The van der Waals surface area contributed by atoms with Crippen molar-refractivity contribution in [2.24, 2.45) is 0 Å². The monoisotopic (exact) mass is 325 g/mol. The second-order valence-corrected chi connectivity index (χ2v) is 7.78. The molecule has 0 radical (unpaired) electrons. The van der Waals surface area contributed by atoms with Gasteiger partial charge in [-0.3, -0.25) is 4.90 Å². The topological polar surface area (TPSA) is 9.72 Å². The minimum absolute atomic E-state index is 0.775. The maximum Gasteiger partial charge on any atom is 0.0490 e. The summed E-state index contributed by atoms with van der Waals surface area (Å²) in [6.07, 6.45) is 0. The zero-order valence-corrected chi connectivity index (χ0v) is 14.7. The van der Waals surface area contributed by atoms with Gasteiger partial charge in [-0.15, -0.1) is 0 Å². The van der Waals surface area contributed by atoms with Gasteiger partial charge in [-0.25, -0.2) is 0 Å². The Hall–Kier alpha value is -1.41. The molecule has 2 heterocycles. The molecule has 0 unspecified atom stereocenters. The molecule has 120 valence electrons. The fourth-order valence-electron chi connectivity index (χ4n) is 3.46. The first kappa shape index (κ1) is 15.1. The zero-order valence-electron chi connectivity index (χ0n) is 13.7. The molecule has 0 atom stereocenters. The Bertz CT molecular complexity index is 634. The van der Waals surface area contributed by atoms with Gasteiger partial charge in [0.15, 0.2) is 0 Å². The third-order valence-electron chi connectivity index (χ3n) is 4.89. The van der Waals surface area contributed by atoms with Crippen LogP contribution in [0.1, 0.15) is 0 Å². The molecule has 0 spiro atoms. The molecule has 0 bridgehead atoms. The lowest BCUT2D eigenvalue weighted by Crippen LogP contribution is -2.47. The quantitative estimate of drug-likeness (QED) is 0.800. The van der Waals surface area contributed by atoms with Gasteiger partial charge < -0.3 is 9.80 Å². The van der Waals surface area contributed by atoms with E-state index in [1.165, 1.54) is 48.2 Å². The maximum atomic E-state index is 2.60. The molecule has 3 nitrogen and oxygen atoms in total. The number of fused-ring (bicyclic) bond motifs is 2. The molecule has 23 heavy (non-hydrogen) atoms. The summed E-state index contributed by atoms with van der Waals surface area (Å²) in [5, 5.41) is 2.95. The Labute approximate surface area is 140 Å². The highest BCUT2D eigenvalue weighted by Gasteiger charge is 2.23. The fourth-order valence-corrected chi connectivity index (χ4v) is 4.80. The molecule has 4 heteroatoms. The van der Waals surface area contributed by atoms with Crippen LogP contribution in [0, 0.1) is 0 Å². The third kappa shape index (κ3) is 3.14. The van der Waals surface area contributed by atoms with E-state index in [1.807, 2.05) is 0 Å². The molecule has 0 amide bonds. The summed E-state index contributed by atoms with van der Waals surface area (Å²) in [4.78, 5) is 7.55. The molecule has 0 saturated carbocycles. The Morgan fingerprint density at radius 1 is 0.783 bits per heavy atom. The molecule has 0 N–H and O–H groups in total. The van der Waals surface area contributed by atoms with Gasteiger partial charge in [-0.1, -0.05) is 45.0 Å². The van der Waals surface area contributed by atoms with E-state index in [2.05, 4.69) is 70.3 Å². The van der Waals surface area contributed by atoms with Gasteiger partial charge in [0, 0.05) is 61.3 Å². The fraction of sp³-hybridized carbons (Fsp3) is 0.368. The summed E-state index contributed by atoms with van der Waals surface area (Å²) in [5.41, 5.74) is 2.80. The van der Waals surface area contributed by atoms with Crippen molar-refractivity contribution >= 4 is 30.6 Å². The van der Waals surface area contributed by atoms with Crippen LogP contribution in [-0.2, 0) is 0 Å². The minimum atomic E-state index is 0.775. The first-order valence-electron chi connectivity index (χ1n) is 8.45. The van der Waals surface area contributed by atoms with Crippen LogP contribution in [0.5, 0.6) is 0 Å². The lowest BCUT2D eigenvalue weighted by atomic mass is 10.2. The number of nitrogens with zero attached hydrogens (tertiary/aromatic N) is 3. The van der Waals surface area contributed by atoms with Crippen LogP contribution in [0.4, 0.5) is 11.4 Å². The summed E-state index contributed by atoms with van der Waals surface area (Å²) in [7, 11) is 2.99. The number of piperazine rings is 1. The van der Waals surface area contributed by atoms with Crippen LogP contribution in [0.25, 0.3) is 0 Å². The van der Waals surface area contributed by atoms with Gasteiger partial charge >= 0.3 is 0 Å². The van der Waals surface area contributed by atoms with E-state index in [1.54, 1.807) is 0 Å². The smallest absolute Gasteiger partial charge is 0.0490 e. The third-order valence-corrected chi connectivity index (χ3v) is 6.28. The van der Waals surface area contributed by atoms with Gasteiger partial charge in [0.2, 0.25) is 0 Å². The lowest BCUT2D eigenvalue weighted by Gasteiger charge is -2.37. The first-order chi connectivity index (χ1) is 11.3. The number of likely N-dealkylation sites (N-methyl/N-ethyl adjacent to an activating group) is 1. The van der Waals surface area contributed by atoms with Crippen molar-refractivity contribution in [1.82, 2.24) is 9.80 Å². The molecule has 2 aromatic carbocycles. The summed E-state index contributed by atoms with van der Waals surface area (Å²) in [6, 6.07) is 17.8. The second kappa shape index (κ2) is 6.60. The molecular weight excluding hydrogens is 301 g/mol. The Kier molecular flexibility index (Phi) is 4.35. The van der Waals surface area contributed by atoms with Crippen LogP contribution in [0.3, 0.4) is 0 Å². The van der Waals surface area contributed by atoms with Gasteiger partial charge in [0.05, 0.1) is 0 Å². The average molecular weight is 325 g/mol. The zero-order chi connectivity index (χ0) is 15.6. The van der Waals surface area contributed by atoms with Crippen molar-refractivity contribution in [3.63, 3.8) is 0 Å². The van der Waals surface area contributed by atoms with Gasteiger partial charge in [-0.05, 0) is 19.2 Å². The predicted molar refractivity (Wildman–Crippen MR) is 101 cm³/mol. The standard InChI is InChI=1S/C19H24N3P/c1-20-10-12-21(13-11-20)14-15-22-16-6-2-4-8-18(16)23-19-9-5-3-7-17(19)22/h2-9,23H,10-15H2,1H3. The number of benzene rings is 2. The van der Waals surface area contributed by atoms with E-state index in [0.29, 0.717) is 0 Å². The van der Waals surface area contributed by atoms with E-state index < -0.39 is 0 Å². The maximum absolute atomic E-state index is 2.60. The van der Waals surface area contributed by atoms with Crippen LogP contribution in [0.2, 0.25) is 0 Å². The molecule has 0 aromatic heterocycles. The second-order valence-electron chi connectivity index (χ2n) is 6.46. The largest absolute Gasteiger partial charge is 0.339 e. The molecule has 1 saturated heterocycles.